The quantitative estimate of drug-likeness (QED) is 0.848. The summed E-state index contributed by atoms with van der Waals surface area (Å²) in [7, 11) is 3.11. The van der Waals surface area contributed by atoms with Gasteiger partial charge in [0.25, 0.3) is 0 Å². The van der Waals surface area contributed by atoms with E-state index >= 15 is 0 Å². The fraction of sp³-hybridized carbons (Fsp3) is 0.118. The van der Waals surface area contributed by atoms with Crippen LogP contribution < -0.4 is 14.8 Å². The Kier molecular flexibility index (Phi) is 5.44. The zero-order chi connectivity index (χ0) is 15.9. The van der Waals surface area contributed by atoms with Crippen LogP contribution in [0.15, 0.2) is 48.5 Å². The summed E-state index contributed by atoms with van der Waals surface area (Å²) < 4.78 is 10.4. The lowest BCUT2D eigenvalue weighted by atomic mass is 10.2. The number of ether oxygens (including phenoxy) is 2. The van der Waals surface area contributed by atoms with Crippen molar-refractivity contribution in [3.05, 3.63) is 59.1 Å². The molecule has 0 radical (unpaired) electrons. The molecule has 2 aromatic rings. The van der Waals surface area contributed by atoms with Gasteiger partial charge in [-0.3, -0.25) is 4.79 Å². The van der Waals surface area contributed by atoms with Crippen molar-refractivity contribution in [2.24, 2.45) is 0 Å². The van der Waals surface area contributed by atoms with E-state index in [-0.39, 0.29) is 5.91 Å². The van der Waals surface area contributed by atoms with E-state index in [1.54, 1.807) is 50.6 Å². The van der Waals surface area contributed by atoms with Crippen LogP contribution in [0.3, 0.4) is 0 Å². The van der Waals surface area contributed by atoms with E-state index in [2.05, 4.69) is 5.32 Å². The summed E-state index contributed by atoms with van der Waals surface area (Å²) in [4.78, 5) is 12.0. The summed E-state index contributed by atoms with van der Waals surface area (Å²) >= 11 is 5.81. The molecule has 22 heavy (non-hydrogen) atoms. The largest absolute Gasteiger partial charge is 0.497 e. The van der Waals surface area contributed by atoms with Crippen molar-refractivity contribution in [1.29, 1.82) is 0 Å². The molecule has 0 bridgehead atoms. The lowest BCUT2D eigenvalue weighted by molar-refractivity contribution is -0.111. The van der Waals surface area contributed by atoms with Gasteiger partial charge >= 0.3 is 0 Å². The third kappa shape index (κ3) is 4.27. The van der Waals surface area contributed by atoms with Gasteiger partial charge in [0.1, 0.15) is 11.5 Å². The Morgan fingerprint density at radius 1 is 1.09 bits per heavy atom. The molecule has 5 heteroatoms. The normalized spacial score (nSPS) is 10.5. The average Bonchev–Trinajstić information content (AvgIpc) is 2.54. The molecule has 2 aromatic carbocycles. The van der Waals surface area contributed by atoms with Crippen LogP contribution in [0.1, 0.15) is 5.56 Å². The summed E-state index contributed by atoms with van der Waals surface area (Å²) in [6.45, 7) is 0. The molecule has 0 saturated heterocycles. The predicted octanol–water partition coefficient (Wildman–Crippen LogP) is 4.01. The highest BCUT2D eigenvalue weighted by Gasteiger charge is 2.07. The number of benzene rings is 2. The molecule has 0 aromatic heterocycles. The Balaban J connectivity index is 2.09. The van der Waals surface area contributed by atoms with Gasteiger partial charge in [0.05, 0.1) is 19.9 Å². The maximum atomic E-state index is 12.0. The first-order valence-electron chi connectivity index (χ1n) is 6.59. The summed E-state index contributed by atoms with van der Waals surface area (Å²) in [5.41, 5.74) is 1.43. The number of anilines is 1. The van der Waals surface area contributed by atoms with Gasteiger partial charge in [-0.2, -0.15) is 0 Å². The van der Waals surface area contributed by atoms with E-state index in [9.17, 15) is 4.79 Å². The van der Waals surface area contributed by atoms with Gasteiger partial charge in [0.15, 0.2) is 0 Å². The van der Waals surface area contributed by atoms with Gasteiger partial charge in [-0.25, -0.2) is 0 Å². The van der Waals surface area contributed by atoms with E-state index in [1.807, 2.05) is 12.1 Å². The van der Waals surface area contributed by atoms with Crippen LogP contribution >= 0.6 is 11.6 Å². The average molecular weight is 318 g/mol. The molecule has 0 aliphatic rings. The van der Waals surface area contributed by atoms with Crippen LogP contribution in [0.25, 0.3) is 6.08 Å². The molecule has 0 aliphatic carbocycles. The van der Waals surface area contributed by atoms with Crippen molar-refractivity contribution >= 4 is 29.3 Å². The Bertz CT molecular complexity index is 681. The summed E-state index contributed by atoms with van der Waals surface area (Å²) in [6, 6.07) is 12.4. The molecule has 0 saturated carbocycles. The van der Waals surface area contributed by atoms with Crippen LogP contribution in [-0.4, -0.2) is 20.1 Å². The fourth-order valence-electron chi connectivity index (χ4n) is 1.83. The van der Waals surface area contributed by atoms with Gasteiger partial charge in [-0.05, 0) is 35.9 Å². The molecule has 0 unspecified atom stereocenters. The maximum Gasteiger partial charge on any atom is 0.248 e. The lowest BCUT2D eigenvalue weighted by Crippen LogP contribution is -2.09. The monoisotopic (exact) mass is 317 g/mol. The van der Waals surface area contributed by atoms with E-state index in [0.717, 1.165) is 5.56 Å². The highest BCUT2D eigenvalue weighted by molar-refractivity contribution is 6.30. The van der Waals surface area contributed by atoms with Gasteiger partial charge in [-0.15, -0.1) is 0 Å². The molecule has 0 aliphatic heterocycles. The molecule has 2 rings (SSSR count). The maximum absolute atomic E-state index is 12.0. The van der Waals surface area contributed by atoms with Crippen LogP contribution in [0.2, 0.25) is 5.02 Å². The van der Waals surface area contributed by atoms with E-state index in [0.29, 0.717) is 22.2 Å². The molecular formula is C17H16ClNO3. The SMILES string of the molecule is COc1ccc(OC)c(NC(=O)C=Cc2ccc(Cl)cc2)c1. The first-order chi connectivity index (χ1) is 10.6. The Labute approximate surface area is 134 Å². The van der Waals surface area contributed by atoms with Gasteiger partial charge in [0, 0.05) is 17.2 Å². The number of hydrogen-bond donors (Lipinski definition) is 1. The minimum absolute atomic E-state index is 0.262. The van der Waals surface area contributed by atoms with Crippen molar-refractivity contribution in [3.63, 3.8) is 0 Å². The molecular weight excluding hydrogens is 302 g/mol. The van der Waals surface area contributed by atoms with E-state index in [1.165, 1.54) is 6.08 Å². The first kappa shape index (κ1) is 15.9. The third-order valence-corrected chi connectivity index (χ3v) is 3.21. The van der Waals surface area contributed by atoms with Gasteiger partial charge in [0.2, 0.25) is 5.91 Å². The molecule has 0 heterocycles. The Morgan fingerprint density at radius 2 is 1.82 bits per heavy atom. The van der Waals surface area contributed by atoms with Crippen LogP contribution in [-0.2, 0) is 4.79 Å². The number of carbonyl (C=O) groups is 1. The Hall–Kier alpha value is -2.46. The number of carbonyl (C=O) groups excluding carboxylic acids is 1. The molecule has 4 nitrogen and oxygen atoms in total. The topological polar surface area (TPSA) is 47.6 Å². The van der Waals surface area contributed by atoms with Crippen molar-refractivity contribution in [2.45, 2.75) is 0 Å². The number of nitrogens with one attached hydrogen (secondary N) is 1. The molecule has 1 amide bonds. The number of amides is 1. The van der Waals surface area contributed by atoms with Crippen molar-refractivity contribution in [3.8, 4) is 11.5 Å². The van der Waals surface area contributed by atoms with Crippen LogP contribution in [0.5, 0.6) is 11.5 Å². The van der Waals surface area contributed by atoms with E-state index in [4.69, 9.17) is 21.1 Å². The molecule has 0 spiro atoms. The number of methoxy groups -OCH3 is 2. The number of hydrogen-bond acceptors (Lipinski definition) is 3. The first-order valence-corrected chi connectivity index (χ1v) is 6.97. The van der Waals surface area contributed by atoms with Gasteiger partial charge in [-0.1, -0.05) is 23.7 Å². The standard InChI is InChI=1S/C17H16ClNO3/c1-21-14-8-9-16(22-2)15(11-14)19-17(20)10-5-12-3-6-13(18)7-4-12/h3-11H,1-2H3,(H,19,20). The van der Waals surface area contributed by atoms with Crippen LogP contribution in [0, 0.1) is 0 Å². The predicted molar refractivity (Wildman–Crippen MR) is 88.7 cm³/mol. The number of halogens is 1. The molecule has 114 valence electrons. The van der Waals surface area contributed by atoms with Crippen molar-refractivity contribution < 1.29 is 14.3 Å². The number of rotatable bonds is 5. The highest BCUT2D eigenvalue weighted by atomic mass is 35.5. The second-order valence-electron chi connectivity index (χ2n) is 4.44. The third-order valence-electron chi connectivity index (χ3n) is 2.96. The molecule has 0 fully saturated rings. The minimum atomic E-state index is -0.262. The second kappa shape index (κ2) is 7.52. The summed E-state index contributed by atoms with van der Waals surface area (Å²) in [6.07, 6.45) is 3.15. The van der Waals surface area contributed by atoms with Gasteiger partial charge < -0.3 is 14.8 Å². The zero-order valence-corrected chi connectivity index (χ0v) is 13.1. The summed E-state index contributed by atoms with van der Waals surface area (Å²) in [5, 5.41) is 3.42. The van der Waals surface area contributed by atoms with Crippen molar-refractivity contribution in [2.75, 3.05) is 19.5 Å². The van der Waals surface area contributed by atoms with Crippen molar-refractivity contribution in [1.82, 2.24) is 0 Å². The lowest BCUT2D eigenvalue weighted by Gasteiger charge is -2.10. The van der Waals surface area contributed by atoms with Crippen LogP contribution in [0.4, 0.5) is 5.69 Å². The highest BCUT2D eigenvalue weighted by Crippen LogP contribution is 2.28. The smallest absolute Gasteiger partial charge is 0.248 e. The fourth-order valence-corrected chi connectivity index (χ4v) is 1.96. The van der Waals surface area contributed by atoms with E-state index < -0.39 is 0 Å². The molecule has 0 atom stereocenters. The minimum Gasteiger partial charge on any atom is -0.497 e. The second-order valence-corrected chi connectivity index (χ2v) is 4.88. The Morgan fingerprint density at radius 3 is 2.45 bits per heavy atom. The zero-order valence-electron chi connectivity index (χ0n) is 12.3. The molecule has 1 N–H and O–H groups in total. The summed E-state index contributed by atoms with van der Waals surface area (Å²) in [5.74, 6) is 0.938.